The molecule has 9 heteroatoms. The van der Waals surface area contributed by atoms with Gasteiger partial charge in [0.2, 0.25) is 0 Å². The smallest absolute Gasteiger partial charge is 0.319 e. The number of aromatic hydroxyl groups is 1. The topological polar surface area (TPSA) is 86.6 Å². The van der Waals surface area contributed by atoms with Crippen LogP contribution in [0.3, 0.4) is 0 Å². The van der Waals surface area contributed by atoms with Crippen LogP contribution in [-0.2, 0) is 0 Å². The van der Waals surface area contributed by atoms with Crippen LogP contribution in [0.4, 0.5) is 10.2 Å². The van der Waals surface area contributed by atoms with E-state index in [1.165, 1.54) is 17.2 Å². The van der Waals surface area contributed by atoms with E-state index in [4.69, 9.17) is 21.1 Å². The van der Waals surface area contributed by atoms with E-state index in [1.54, 1.807) is 12.3 Å². The number of halogens is 1. The van der Waals surface area contributed by atoms with Crippen LogP contribution in [0.5, 0.6) is 11.8 Å². The molecule has 4 aliphatic rings. The van der Waals surface area contributed by atoms with Crippen molar-refractivity contribution in [1.82, 2.24) is 25.2 Å². The van der Waals surface area contributed by atoms with Gasteiger partial charge in [-0.1, -0.05) is 29.2 Å². The van der Waals surface area contributed by atoms with E-state index >= 15 is 4.39 Å². The number of nitrogens with zero attached hydrogens (tertiary/aromatic N) is 5. The third kappa shape index (κ3) is 4.70. The lowest BCUT2D eigenvalue weighted by Crippen LogP contribution is -2.51. The van der Waals surface area contributed by atoms with Crippen LogP contribution in [0.1, 0.15) is 51.5 Å². The van der Waals surface area contributed by atoms with Gasteiger partial charge in [-0.15, -0.1) is 6.42 Å². The molecule has 4 aliphatic heterocycles. The largest absolute Gasteiger partial charge is 0.508 e. The number of ether oxygens (including phenoxy) is 1. The lowest BCUT2D eigenvalue weighted by atomic mass is 9.92. The van der Waals surface area contributed by atoms with Crippen LogP contribution in [0, 0.1) is 18.2 Å². The van der Waals surface area contributed by atoms with E-state index in [-0.39, 0.29) is 28.5 Å². The molecule has 2 N–H and O–H groups in total. The number of rotatable bonds is 5. The molecule has 4 saturated heterocycles. The monoisotopic (exact) mass is 604 g/mol. The third-order valence-electron chi connectivity index (χ3n) is 10.4. The molecule has 45 heavy (non-hydrogen) atoms. The number of aromatic nitrogens is 3. The molecule has 3 unspecified atom stereocenters. The first-order chi connectivity index (χ1) is 21.8. The Labute approximate surface area is 262 Å². The number of nitrogens with one attached hydrogen (secondary N) is 1. The van der Waals surface area contributed by atoms with Crippen LogP contribution >= 0.6 is 0 Å². The second-order valence-electron chi connectivity index (χ2n) is 13.4. The number of fused-ring (bicyclic) bond motifs is 5. The predicted molar refractivity (Wildman–Crippen MR) is 174 cm³/mol. The summed E-state index contributed by atoms with van der Waals surface area (Å²) >= 11 is 0. The highest BCUT2D eigenvalue weighted by Crippen LogP contribution is 2.43. The first-order valence-electron chi connectivity index (χ1n) is 15.9. The number of hydrogen-bond donors (Lipinski definition) is 2. The summed E-state index contributed by atoms with van der Waals surface area (Å²) in [5.74, 6) is 2.76. The molecule has 0 amide bonds. The SMILES string of the molecule is C#Cc1cccc2cc(O)cc(-c3ncc4c(N5CC6CCC(C5)N6)nc(OCC56CCCN5CC(=C(C)C)C6)nc4c3F)c12. The summed E-state index contributed by atoms with van der Waals surface area (Å²) < 4.78 is 23.3. The zero-order valence-corrected chi connectivity index (χ0v) is 25.7. The Hall–Kier alpha value is -4.26. The molecule has 0 spiro atoms. The van der Waals surface area contributed by atoms with E-state index < -0.39 is 5.82 Å². The number of terminal acetylenes is 1. The van der Waals surface area contributed by atoms with Crippen molar-refractivity contribution in [2.75, 3.05) is 37.7 Å². The average molecular weight is 605 g/mol. The Morgan fingerprint density at radius 1 is 1.20 bits per heavy atom. The van der Waals surface area contributed by atoms with Crippen molar-refractivity contribution in [2.45, 2.75) is 63.6 Å². The van der Waals surface area contributed by atoms with Gasteiger partial charge in [0.25, 0.3) is 0 Å². The average Bonchev–Trinajstić information content (AvgIpc) is 3.70. The van der Waals surface area contributed by atoms with Gasteiger partial charge in [0, 0.05) is 54.4 Å². The molecule has 2 aromatic carbocycles. The van der Waals surface area contributed by atoms with Crippen LogP contribution in [0.2, 0.25) is 0 Å². The van der Waals surface area contributed by atoms with E-state index in [9.17, 15) is 5.11 Å². The summed E-state index contributed by atoms with van der Waals surface area (Å²) in [5.41, 5.74) is 4.00. The molecule has 2 bridgehead atoms. The number of benzene rings is 2. The van der Waals surface area contributed by atoms with Crippen molar-refractivity contribution >= 4 is 27.5 Å². The highest BCUT2D eigenvalue weighted by Gasteiger charge is 2.47. The zero-order valence-electron chi connectivity index (χ0n) is 25.7. The molecule has 230 valence electrons. The second-order valence-corrected chi connectivity index (χ2v) is 13.4. The number of allylic oxidation sites excluding steroid dienone is 1. The van der Waals surface area contributed by atoms with Crippen LogP contribution in [0.15, 0.2) is 47.7 Å². The van der Waals surface area contributed by atoms with E-state index in [1.807, 2.05) is 18.2 Å². The van der Waals surface area contributed by atoms with Crippen molar-refractivity contribution in [3.8, 4) is 35.4 Å². The van der Waals surface area contributed by atoms with Gasteiger partial charge in [0.1, 0.15) is 29.4 Å². The first kappa shape index (κ1) is 28.2. The molecular formula is C36H37FN6O2. The van der Waals surface area contributed by atoms with E-state index in [0.717, 1.165) is 58.3 Å². The normalized spacial score (nSPS) is 24.4. The van der Waals surface area contributed by atoms with Crippen molar-refractivity contribution in [2.24, 2.45) is 0 Å². The van der Waals surface area contributed by atoms with E-state index in [0.29, 0.717) is 51.8 Å². The fraction of sp³-hybridized carbons (Fsp3) is 0.417. The Morgan fingerprint density at radius 2 is 2.02 bits per heavy atom. The number of phenolic OH excluding ortho intramolecular Hbond substituents is 1. The molecule has 6 heterocycles. The number of anilines is 1. The second kappa shape index (κ2) is 10.7. The summed E-state index contributed by atoms with van der Waals surface area (Å²) in [7, 11) is 0. The molecule has 0 saturated carbocycles. The maximum absolute atomic E-state index is 16.9. The molecule has 3 atom stereocenters. The van der Waals surface area contributed by atoms with Gasteiger partial charge in [0.05, 0.1) is 10.9 Å². The lowest BCUT2D eigenvalue weighted by Gasteiger charge is -2.34. The Bertz CT molecular complexity index is 1920. The predicted octanol–water partition coefficient (Wildman–Crippen LogP) is 5.57. The summed E-state index contributed by atoms with van der Waals surface area (Å²) in [5, 5.41) is 16.2. The Morgan fingerprint density at radius 3 is 2.80 bits per heavy atom. The van der Waals surface area contributed by atoms with Gasteiger partial charge in [-0.3, -0.25) is 9.88 Å². The number of piperazine rings is 1. The molecule has 0 aliphatic carbocycles. The van der Waals surface area contributed by atoms with Gasteiger partial charge >= 0.3 is 6.01 Å². The minimum atomic E-state index is -0.591. The van der Waals surface area contributed by atoms with Crippen molar-refractivity contribution in [3.63, 3.8) is 0 Å². The Kier molecular flexibility index (Phi) is 6.70. The van der Waals surface area contributed by atoms with Crippen LogP contribution in [-0.4, -0.2) is 75.4 Å². The highest BCUT2D eigenvalue weighted by atomic mass is 19.1. The van der Waals surface area contributed by atoms with Crippen molar-refractivity contribution in [1.29, 1.82) is 0 Å². The standard InChI is InChI=1S/C36H37FN6O2/c1-4-22-7-5-8-23-13-27(44)14-28(30(22)23)32-31(37)33-29(16-38-32)34(42-18-25-9-10-26(19-42)39-25)41-35(40-33)45-20-36-11-6-12-43(36)17-24(15-36)21(2)3/h1,5,7-8,13-14,16,25-26,39,44H,6,9-12,15,17-20H2,2-3H3. The number of hydrogen-bond acceptors (Lipinski definition) is 8. The summed E-state index contributed by atoms with van der Waals surface area (Å²) in [4.78, 5) is 19.1. The summed E-state index contributed by atoms with van der Waals surface area (Å²) in [6, 6.07) is 9.52. The van der Waals surface area contributed by atoms with Crippen LogP contribution in [0.25, 0.3) is 32.9 Å². The van der Waals surface area contributed by atoms with Gasteiger partial charge in [-0.05, 0) is 76.1 Å². The maximum atomic E-state index is 16.9. The van der Waals surface area contributed by atoms with Crippen LogP contribution < -0.4 is 15.0 Å². The van der Waals surface area contributed by atoms with Gasteiger partial charge in [-0.25, -0.2) is 4.39 Å². The molecule has 2 aromatic heterocycles. The molecule has 8 rings (SSSR count). The molecule has 0 radical (unpaired) electrons. The third-order valence-corrected chi connectivity index (χ3v) is 10.4. The molecule has 8 nitrogen and oxygen atoms in total. The minimum Gasteiger partial charge on any atom is -0.508 e. The lowest BCUT2D eigenvalue weighted by molar-refractivity contribution is 0.108. The first-order valence-corrected chi connectivity index (χ1v) is 15.9. The number of phenols is 1. The fourth-order valence-corrected chi connectivity index (χ4v) is 8.08. The zero-order chi connectivity index (χ0) is 30.9. The van der Waals surface area contributed by atoms with Crippen molar-refractivity contribution in [3.05, 3.63) is 59.1 Å². The van der Waals surface area contributed by atoms with Crippen molar-refractivity contribution < 1.29 is 14.2 Å². The van der Waals surface area contributed by atoms with Gasteiger partial charge in [-0.2, -0.15) is 9.97 Å². The van der Waals surface area contributed by atoms with E-state index in [2.05, 4.69) is 39.9 Å². The molecular weight excluding hydrogens is 567 g/mol. The molecule has 4 fully saturated rings. The summed E-state index contributed by atoms with van der Waals surface area (Å²) in [6.07, 6.45) is 12.9. The molecule has 4 aromatic rings. The maximum Gasteiger partial charge on any atom is 0.319 e. The quantitative estimate of drug-likeness (QED) is 0.226. The summed E-state index contributed by atoms with van der Waals surface area (Å²) in [6.45, 7) is 8.38. The number of pyridine rings is 1. The van der Waals surface area contributed by atoms with Gasteiger partial charge < -0.3 is 20.1 Å². The van der Waals surface area contributed by atoms with Gasteiger partial charge in [0.15, 0.2) is 5.82 Å². The Balaban J connectivity index is 1.25. The highest BCUT2D eigenvalue weighted by molar-refractivity contribution is 6.02. The minimum absolute atomic E-state index is 0.00401. The fourth-order valence-electron chi connectivity index (χ4n) is 8.08.